The number of allylic oxidation sites excluding steroid dienone is 1. The summed E-state index contributed by atoms with van der Waals surface area (Å²) >= 11 is 0. The molecule has 0 fully saturated rings. The molecule has 0 saturated carbocycles. The summed E-state index contributed by atoms with van der Waals surface area (Å²) in [5, 5.41) is 0. The van der Waals surface area contributed by atoms with Crippen molar-refractivity contribution in [3.63, 3.8) is 0 Å². The number of nitrogens with zero attached hydrogens (tertiary/aromatic N) is 2. The van der Waals surface area contributed by atoms with Gasteiger partial charge < -0.3 is 4.74 Å². The third-order valence-electron chi connectivity index (χ3n) is 4.17. The highest BCUT2D eigenvalue weighted by atomic mass is 16.6. The number of hydrogen-bond donors (Lipinski definition) is 0. The number of aryl methyl sites for hydroxylation is 1. The summed E-state index contributed by atoms with van der Waals surface area (Å²) in [7, 11) is 0. The molecule has 0 atom stereocenters. The molecule has 0 spiro atoms. The number of aromatic nitrogens is 1. The van der Waals surface area contributed by atoms with Gasteiger partial charge in [-0.2, -0.15) is 0 Å². The summed E-state index contributed by atoms with van der Waals surface area (Å²) < 4.78 is 5.51. The van der Waals surface area contributed by atoms with Crippen LogP contribution in [0.1, 0.15) is 43.9 Å². The van der Waals surface area contributed by atoms with Crippen molar-refractivity contribution in [1.82, 2.24) is 4.98 Å². The molecular formula is C22H26N2O2. The molecular weight excluding hydrogens is 324 g/mol. The van der Waals surface area contributed by atoms with Gasteiger partial charge >= 0.3 is 6.09 Å². The Labute approximate surface area is 155 Å². The SMILES string of the molecule is CC(C)(C)OC(=O)N1CCCc2cc(/C=C/Cc3ccccc3)cnc21. The van der Waals surface area contributed by atoms with Crippen molar-refractivity contribution in [1.29, 1.82) is 0 Å². The van der Waals surface area contributed by atoms with E-state index < -0.39 is 5.60 Å². The van der Waals surface area contributed by atoms with Gasteiger partial charge in [0.15, 0.2) is 0 Å². The summed E-state index contributed by atoms with van der Waals surface area (Å²) in [6, 6.07) is 12.5. The molecule has 0 aliphatic carbocycles. The van der Waals surface area contributed by atoms with Crippen molar-refractivity contribution in [3.8, 4) is 0 Å². The molecule has 0 saturated heterocycles. The van der Waals surface area contributed by atoms with Gasteiger partial charge in [-0.15, -0.1) is 0 Å². The van der Waals surface area contributed by atoms with Crippen molar-refractivity contribution in [3.05, 3.63) is 65.4 Å². The number of carbonyl (C=O) groups excluding carboxylic acids is 1. The maximum atomic E-state index is 12.4. The van der Waals surface area contributed by atoms with Crippen LogP contribution in [0.25, 0.3) is 6.08 Å². The second kappa shape index (κ2) is 7.73. The Morgan fingerprint density at radius 1 is 1.27 bits per heavy atom. The molecule has 0 bridgehead atoms. The number of anilines is 1. The van der Waals surface area contributed by atoms with Gasteiger partial charge in [-0.25, -0.2) is 9.78 Å². The third-order valence-corrected chi connectivity index (χ3v) is 4.17. The van der Waals surface area contributed by atoms with Crippen molar-refractivity contribution in [2.45, 2.75) is 45.6 Å². The van der Waals surface area contributed by atoms with Crippen LogP contribution in [0.3, 0.4) is 0 Å². The Morgan fingerprint density at radius 2 is 2.04 bits per heavy atom. The lowest BCUT2D eigenvalue weighted by Crippen LogP contribution is -2.40. The average Bonchev–Trinajstić information content (AvgIpc) is 2.60. The molecule has 0 radical (unpaired) electrons. The zero-order valence-corrected chi connectivity index (χ0v) is 15.7. The molecule has 136 valence electrons. The summed E-state index contributed by atoms with van der Waals surface area (Å²) in [4.78, 5) is 18.6. The topological polar surface area (TPSA) is 42.4 Å². The number of pyridine rings is 1. The van der Waals surface area contributed by atoms with Crippen LogP contribution in [0.5, 0.6) is 0 Å². The maximum Gasteiger partial charge on any atom is 0.416 e. The Morgan fingerprint density at radius 3 is 2.77 bits per heavy atom. The maximum absolute atomic E-state index is 12.4. The van der Waals surface area contributed by atoms with Crippen LogP contribution >= 0.6 is 0 Å². The van der Waals surface area contributed by atoms with Gasteiger partial charge in [-0.1, -0.05) is 42.5 Å². The zero-order chi connectivity index (χ0) is 18.6. The van der Waals surface area contributed by atoms with Crippen LogP contribution in [0.4, 0.5) is 10.6 Å². The minimum absolute atomic E-state index is 0.321. The van der Waals surface area contributed by atoms with E-state index in [-0.39, 0.29) is 6.09 Å². The highest BCUT2D eigenvalue weighted by Crippen LogP contribution is 2.27. The molecule has 2 heterocycles. The number of carbonyl (C=O) groups is 1. The second-order valence-corrected chi connectivity index (χ2v) is 7.58. The van der Waals surface area contributed by atoms with Crippen molar-refractivity contribution >= 4 is 18.0 Å². The first kappa shape index (κ1) is 18.2. The standard InChI is InChI=1S/C22H26N2O2/c1-22(2,3)26-21(25)24-14-8-13-19-15-18(16-23-20(19)24)12-7-11-17-9-5-4-6-10-17/h4-7,9-10,12,15-16H,8,11,13-14H2,1-3H3/b12-7+. The Balaban J connectivity index is 1.72. The van der Waals surface area contributed by atoms with E-state index in [1.165, 1.54) is 5.56 Å². The number of benzene rings is 1. The lowest BCUT2D eigenvalue weighted by Gasteiger charge is -2.30. The first-order chi connectivity index (χ1) is 12.4. The monoisotopic (exact) mass is 350 g/mol. The molecule has 2 aromatic rings. The quantitative estimate of drug-likeness (QED) is 0.780. The van der Waals surface area contributed by atoms with E-state index in [2.05, 4.69) is 47.5 Å². The van der Waals surface area contributed by atoms with Crippen LogP contribution in [0, 0.1) is 0 Å². The highest BCUT2D eigenvalue weighted by molar-refractivity contribution is 5.88. The predicted octanol–water partition coefficient (Wildman–Crippen LogP) is 5.03. The molecule has 26 heavy (non-hydrogen) atoms. The van der Waals surface area contributed by atoms with Crippen LogP contribution < -0.4 is 4.90 Å². The van der Waals surface area contributed by atoms with Crippen molar-refractivity contribution in [2.75, 3.05) is 11.4 Å². The van der Waals surface area contributed by atoms with Gasteiger partial charge in [0.25, 0.3) is 0 Å². The predicted molar refractivity (Wildman–Crippen MR) is 105 cm³/mol. The van der Waals surface area contributed by atoms with Crippen LogP contribution in [0.2, 0.25) is 0 Å². The van der Waals surface area contributed by atoms with Gasteiger partial charge in [0, 0.05) is 12.7 Å². The number of amides is 1. The molecule has 4 nitrogen and oxygen atoms in total. The number of hydrogen-bond acceptors (Lipinski definition) is 3. The van der Waals surface area contributed by atoms with Gasteiger partial charge in [0.05, 0.1) is 0 Å². The average molecular weight is 350 g/mol. The first-order valence-corrected chi connectivity index (χ1v) is 9.12. The lowest BCUT2D eigenvalue weighted by molar-refractivity contribution is 0.0576. The summed E-state index contributed by atoms with van der Waals surface area (Å²) in [6.45, 7) is 6.29. The molecule has 4 heteroatoms. The lowest BCUT2D eigenvalue weighted by atomic mass is 10.0. The molecule has 1 aliphatic heterocycles. The van der Waals surface area contributed by atoms with Gasteiger partial charge in [-0.05, 0) is 62.8 Å². The van der Waals surface area contributed by atoms with E-state index in [1.54, 1.807) is 4.90 Å². The molecule has 1 aromatic carbocycles. The summed E-state index contributed by atoms with van der Waals surface area (Å²) in [5.41, 5.74) is 2.94. The van der Waals surface area contributed by atoms with Crippen LogP contribution in [-0.2, 0) is 17.6 Å². The first-order valence-electron chi connectivity index (χ1n) is 9.12. The summed E-state index contributed by atoms with van der Waals surface area (Å²) in [5.74, 6) is 0.728. The fourth-order valence-electron chi connectivity index (χ4n) is 3.01. The molecule has 1 aliphatic rings. The second-order valence-electron chi connectivity index (χ2n) is 7.58. The summed E-state index contributed by atoms with van der Waals surface area (Å²) in [6.07, 6.45) is 8.48. The molecule has 3 rings (SSSR count). The van der Waals surface area contributed by atoms with Crippen LogP contribution in [0.15, 0.2) is 48.7 Å². The molecule has 0 N–H and O–H groups in total. The fraction of sp³-hybridized carbons (Fsp3) is 0.364. The Bertz CT molecular complexity index is 792. The van der Waals surface area contributed by atoms with Gasteiger partial charge in [0.1, 0.15) is 11.4 Å². The van der Waals surface area contributed by atoms with E-state index in [1.807, 2.05) is 33.0 Å². The van der Waals surface area contributed by atoms with Crippen molar-refractivity contribution in [2.24, 2.45) is 0 Å². The van der Waals surface area contributed by atoms with Crippen molar-refractivity contribution < 1.29 is 9.53 Å². The minimum atomic E-state index is -0.505. The Hall–Kier alpha value is -2.62. The minimum Gasteiger partial charge on any atom is -0.443 e. The highest BCUT2D eigenvalue weighted by Gasteiger charge is 2.28. The van der Waals surface area contributed by atoms with E-state index >= 15 is 0 Å². The third kappa shape index (κ3) is 4.72. The Kier molecular flexibility index (Phi) is 5.40. The number of ether oxygens (including phenoxy) is 1. The van der Waals surface area contributed by atoms with Gasteiger partial charge in [0.2, 0.25) is 0 Å². The molecule has 1 amide bonds. The number of fused-ring (bicyclic) bond motifs is 1. The normalized spacial score (nSPS) is 14.3. The smallest absolute Gasteiger partial charge is 0.416 e. The molecule has 0 unspecified atom stereocenters. The van der Waals surface area contributed by atoms with Gasteiger partial charge in [-0.3, -0.25) is 4.90 Å². The van der Waals surface area contributed by atoms with E-state index in [0.29, 0.717) is 6.54 Å². The van der Waals surface area contributed by atoms with E-state index in [4.69, 9.17) is 4.74 Å². The number of rotatable bonds is 3. The van der Waals surface area contributed by atoms with Crippen LogP contribution in [-0.4, -0.2) is 23.2 Å². The zero-order valence-electron chi connectivity index (χ0n) is 15.7. The largest absolute Gasteiger partial charge is 0.443 e. The fourth-order valence-corrected chi connectivity index (χ4v) is 3.01. The van der Waals surface area contributed by atoms with E-state index in [0.717, 1.165) is 36.2 Å². The van der Waals surface area contributed by atoms with E-state index in [9.17, 15) is 4.79 Å². The molecule has 1 aromatic heterocycles.